The van der Waals surface area contributed by atoms with E-state index in [0.29, 0.717) is 132 Å². The van der Waals surface area contributed by atoms with E-state index < -0.39 is 0 Å². The van der Waals surface area contributed by atoms with Crippen LogP contribution in [0.5, 0.6) is 23.0 Å². The van der Waals surface area contributed by atoms with Crippen LogP contribution < -0.4 is 18.9 Å². The van der Waals surface area contributed by atoms with E-state index in [1.54, 1.807) is 0 Å². The highest BCUT2D eigenvalue weighted by atomic mass is 16.6. The first kappa shape index (κ1) is 61.5. The van der Waals surface area contributed by atoms with Gasteiger partial charge in [0, 0.05) is 70.2 Å². The molecule has 0 amide bonds. The zero-order valence-electron chi connectivity index (χ0n) is 49.8. The molecule has 6 aromatic carbocycles. The summed E-state index contributed by atoms with van der Waals surface area (Å²) in [5, 5.41) is 4.19. The SMILES string of the molecule is c1cc2ccc1OCCOCCOCCCCOCCOCCOc1ccc(cc1)-c1ccc3ccc4ccc-2nc4c3n1.c1cc2ccc1OCCOCCOCCCCOCCOCCOc1ccc(cc1)-c1ccc3ccc4ccc-2nc4c3n1. The fraction of sp³-hybridized carbons (Fsp3) is 0.333. The van der Waals surface area contributed by atoms with Crippen LogP contribution >= 0.6 is 0 Å². The Morgan fingerprint density at radius 1 is 0.182 bits per heavy atom. The third-order valence-electron chi connectivity index (χ3n) is 14.8. The van der Waals surface area contributed by atoms with E-state index >= 15 is 0 Å². The lowest BCUT2D eigenvalue weighted by molar-refractivity contribution is 0.0247. The van der Waals surface area contributed by atoms with Crippen LogP contribution in [0.1, 0.15) is 25.7 Å². The lowest BCUT2D eigenvalue weighted by Gasteiger charge is -2.11. The maximum absolute atomic E-state index is 5.87. The summed E-state index contributed by atoms with van der Waals surface area (Å²) in [6.07, 6.45) is 3.81. The van der Waals surface area contributed by atoms with Crippen LogP contribution in [0.3, 0.4) is 0 Å². The van der Waals surface area contributed by atoms with Gasteiger partial charge in [0.05, 0.1) is 124 Å². The summed E-state index contributed by atoms with van der Waals surface area (Å²) >= 11 is 0. The first-order chi connectivity index (χ1) is 43.7. The lowest BCUT2D eigenvalue weighted by Crippen LogP contribution is -2.12. The molecule has 6 aliphatic rings. The number of rotatable bonds is 0. The standard InChI is InChI=1S/2C36H38N2O6/c2*1-2-18-40-20-22-42-24-26-44-32-13-7-28(8-14-32)34-16-10-30-4-3-29-9-15-33(37-35(29)36(30)38-34)27-5-11-31(12-6-27)43-25-23-41-21-19-39-17-1/h2*3-16H,1-2,17-26H2. The van der Waals surface area contributed by atoms with Crippen LogP contribution in [0.15, 0.2) is 170 Å². The van der Waals surface area contributed by atoms with E-state index in [1.165, 1.54) is 0 Å². The van der Waals surface area contributed by atoms with Crippen molar-refractivity contribution in [2.45, 2.75) is 25.7 Å². The first-order valence-corrected chi connectivity index (χ1v) is 30.6. The van der Waals surface area contributed by atoms with Gasteiger partial charge in [0.25, 0.3) is 0 Å². The van der Waals surface area contributed by atoms with Gasteiger partial charge in [0.15, 0.2) is 0 Å². The molecule has 16 nitrogen and oxygen atoms in total. The number of aromatic nitrogens is 4. The van der Waals surface area contributed by atoms with Crippen LogP contribution in [-0.2, 0) is 37.9 Å². The van der Waals surface area contributed by atoms with Gasteiger partial charge in [-0.2, -0.15) is 0 Å². The first-order valence-electron chi connectivity index (χ1n) is 30.6. The topological polar surface area (TPSA) is 162 Å². The Morgan fingerprint density at radius 2 is 0.364 bits per heavy atom. The third kappa shape index (κ3) is 18.0. The number of hydrogen-bond donors (Lipinski definition) is 0. The fourth-order valence-corrected chi connectivity index (χ4v) is 10.0. The van der Waals surface area contributed by atoms with Gasteiger partial charge in [-0.3, -0.25) is 0 Å². The van der Waals surface area contributed by atoms with E-state index in [2.05, 4.69) is 48.5 Å². The van der Waals surface area contributed by atoms with Crippen LogP contribution in [0, 0.1) is 0 Å². The molecule has 16 heteroatoms. The predicted molar refractivity (Wildman–Crippen MR) is 343 cm³/mol. The van der Waals surface area contributed by atoms with Crippen molar-refractivity contribution in [2.24, 2.45) is 0 Å². The highest BCUT2D eigenvalue weighted by Crippen LogP contribution is 2.32. The molecule has 0 saturated carbocycles. The number of ether oxygens (including phenoxy) is 12. The van der Waals surface area contributed by atoms with E-state index in [1.807, 2.05) is 121 Å². The van der Waals surface area contributed by atoms with Crippen molar-refractivity contribution in [2.75, 3.05) is 132 Å². The smallest absolute Gasteiger partial charge is 0.119 e. The molecule has 0 radical (unpaired) electrons. The predicted octanol–water partition coefficient (Wildman–Crippen LogP) is 13.5. The van der Waals surface area contributed by atoms with E-state index in [-0.39, 0.29) is 0 Å². The molecule has 10 heterocycles. The molecule has 456 valence electrons. The van der Waals surface area contributed by atoms with Gasteiger partial charge in [-0.1, -0.05) is 48.5 Å². The van der Waals surface area contributed by atoms with Gasteiger partial charge in [0.2, 0.25) is 0 Å². The normalized spacial score (nSPS) is 16.5. The highest BCUT2D eigenvalue weighted by molar-refractivity contribution is 6.05. The molecule has 0 aliphatic carbocycles. The van der Waals surface area contributed by atoms with Crippen molar-refractivity contribution in [3.05, 3.63) is 170 Å². The van der Waals surface area contributed by atoms with Crippen molar-refractivity contribution < 1.29 is 56.8 Å². The molecule has 0 unspecified atom stereocenters. The second-order valence-electron chi connectivity index (χ2n) is 21.0. The molecule has 0 atom stereocenters. The number of fused-ring (bicyclic) bond motifs is 4. The van der Waals surface area contributed by atoms with Gasteiger partial charge < -0.3 is 56.8 Å². The molecule has 0 fully saturated rings. The van der Waals surface area contributed by atoms with Crippen molar-refractivity contribution in [1.82, 2.24) is 19.9 Å². The highest BCUT2D eigenvalue weighted by Gasteiger charge is 2.13. The molecule has 16 bridgehead atoms. The Bertz CT molecular complexity index is 3250. The lowest BCUT2D eigenvalue weighted by atomic mass is 10.1. The summed E-state index contributed by atoms with van der Waals surface area (Å²) in [6, 6.07) is 57.0. The zero-order valence-corrected chi connectivity index (χ0v) is 49.8. The summed E-state index contributed by atoms with van der Waals surface area (Å²) in [6.45, 7) is 11.2. The maximum Gasteiger partial charge on any atom is 0.119 e. The van der Waals surface area contributed by atoms with Crippen molar-refractivity contribution in [3.8, 4) is 68.0 Å². The summed E-state index contributed by atoms with van der Waals surface area (Å²) in [7, 11) is 0. The van der Waals surface area contributed by atoms with E-state index in [4.69, 9.17) is 76.8 Å². The van der Waals surface area contributed by atoms with Gasteiger partial charge in [0.1, 0.15) is 49.4 Å². The molecule has 6 aliphatic heterocycles. The van der Waals surface area contributed by atoms with Gasteiger partial charge in [-0.25, -0.2) is 19.9 Å². The molecule has 16 rings (SSSR count). The molecule has 0 N–H and O–H groups in total. The Kier molecular flexibility index (Phi) is 23.2. The van der Waals surface area contributed by atoms with Crippen LogP contribution in [0.25, 0.3) is 88.6 Å². The molecular weight excluding hydrogens is 1110 g/mol. The maximum atomic E-state index is 5.87. The van der Waals surface area contributed by atoms with E-state index in [0.717, 1.165) is 137 Å². The van der Waals surface area contributed by atoms with Gasteiger partial charge in [-0.15, -0.1) is 0 Å². The van der Waals surface area contributed by atoms with Crippen LogP contribution in [-0.4, -0.2) is 152 Å². The minimum Gasteiger partial charge on any atom is -0.491 e. The number of benzene rings is 6. The average Bonchev–Trinajstić information content (AvgIpc) is 3.70. The molecule has 0 saturated heterocycles. The van der Waals surface area contributed by atoms with Crippen molar-refractivity contribution in [3.63, 3.8) is 0 Å². The molecule has 10 aromatic rings. The van der Waals surface area contributed by atoms with Gasteiger partial charge in [-0.05, 0) is 147 Å². The average molecular weight is 1190 g/mol. The Morgan fingerprint density at radius 3 is 0.580 bits per heavy atom. The summed E-state index contributed by atoms with van der Waals surface area (Å²) in [4.78, 5) is 20.2. The fourth-order valence-electron chi connectivity index (χ4n) is 10.0. The Hall–Kier alpha value is -8.16. The number of nitrogens with zero attached hydrogens (tertiary/aromatic N) is 4. The Balaban J connectivity index is 0.000000182. The monoisotopic (exact) mass is 1190 g/mol. The van der Waals surface area contributed by atoms with Crippen LogP contribution in [0.2, 0.25) is 0 Å². The zero-order chi connectivity index (χ0) is 59.6. The molecule has 0 spiro atoms. The molecule has 88 heavy (non-hydrogen) atoms. The van der Waals surface area contributed by atoms with Gasteiger partial charge >= 0.3 is 0 Å². The number of hydrogen-bond acceptors (Lipinski definition) is 16. The summed E-state index contributed by atoms with van der Waals surface area (Å²) in [5.41, 5.74) is 11.1. The molecular formula is C72H76N4O12. The second-order valence-corrected chi connectivity index (χ2v) is 21.0. The van der Waals surface area contributed by atoms with Crippen LogP contribution in [0.4, 0.5) is 0 Å². The Labute approximate surface area is 513 Å². The van der Waals surface area contributed by atoms with Crippen molar-refractivity contribution in [1.29, 1.82) is 0 Å². The largest absolute Gasteiger partial charge is 0.491 e. The number of pyridine rings is 4. The minimum absolute atomic E-state index is 0.477. The quantitative estimate of drug-likeness (QED) is 0.132. The van der Waals surface area contributed by atoms with E-state index in [9.17, 15) is 0 Å². The van der Waals surface area contributed by atoms with Crippen molar-refractivity contribution >= 4 is 43.6 Å². The third-order valence-corrected chi connectivity index (χ3v) is 14.8. The molecule has 4 aromatic heterocycles. The second kappa shape index (κ2) is 33.3. The summed E-state index contributed by atoms with van der Waals surface area (Å²) < 4.78 is 68.6. The minimum atomic E-state index is 0.477. The summed E-state index contributed by atoms with van der Waals surface area (Å²) in [5.74, 6) is 3.18.